The van der Waals surface area contributed by atoms with Crippen LogP contribution in [0.15, 0.2) is 27.6 Å². The maximum atomic E-state index is 12.5. The fourth-order valence-electron chi connectivity index (χ4n) is 5.87. The predicted molar refractivity (Wildman–Crippen MR) is 161 cm³/mol. The molecule has 2 aromatic rings. The van der Waals surface area contributed by atoms with Crippen molar-refractivity contribution in [1.29, 1.82) is 0 Å². The van der Waals surface area contributed by atoms with E-state index in [9.17, 15) is 53.6 Å². The highest BCUT2D eigenvalue weighted by Crippen LogP contribution is 2.63. The maximum absolute atomic E-state index is 12.5. The largest absolute Gasteiger partial charge is 0.830 e. The number of anilines is 1. The second-order valence-electron chi connectivity index (χ2n) is 11.8. The average molecular weight is 816 g/mol. The summed E-state index contributed by atoms with van der Waals surface area (Å²) in [5.74, 6) is -0.376. The summed E-state index contributed by atoms with van der Waals surface area (Å²) in [6.45, 7) is -2.87. The topological polar surface area (TPSA) is 415 Å². The van der Waals surface area contributed by atoms with Gasteiger partial charge in [0.1, 0.15) is 35.8 Å². The van der Waals surface area contributed by atoms with Gasteiger partial charge in [0.2, 0.25) is 5.95 Å². The zero-order chi connectivity index (χ0) is 38.8. The van der Waals surface area contributed by atoms with Crippen molar-refractivity contribution < 1.29 is 80.7 Å². The molecule has 4 aliphatic heterocycles. The lowest BCUT2D eigenvalue weighted by Gasteiger charge is -2.37. The van der Waals surface area contributed by atoms with Gasteiger partial charge in [-0.2, -0.15) is 4.98 Å². The number of nitrogens with zero attached hydrogens (tertiary/aromatic N) is 6. The van der Waals surface area contributed by atoms with Crippen LogP contribution < -0.4 is 42.1 Å². The fraction of sp³-hybridized carbons (Fsp3) is 0.636. The van der Waals surface area contributed by atoms with Crippen molar-refractivity contribution in [3.63, 3.8) is 0 Å². The third-order valence-electron chi connectivity index (χ3n) is 8.39. The number of guanidine groups is 1. The zero-order valence-corrected chi connectivity index (χ0v) is 29.8. The van der Waals surface area contributed by atoms with Crippen molar-refractivity contribution in [3.05, 3.63) is 28.2 Å². The summed E-state index contributed by atoms with van der Waals surface area (Å²) >= 11 is 0. The van der Waals surface area contributed by atoms with E-state index in [2.05, 4.69) is 42.9 Å². The van der Waals surface area contributed by atoms with Gasteiger partial charge in [-0.25, -0.2) is 13.6 Å². The number of hydrogen-bond acceptors (Lipinski definition) is 26. The molecule has 0 saturated carbocycles. The van der Waals surface area contributed by atoms with E-state index in [1.165, 1.54) is 9.80 Å². The lowest BCUT2D eigenvalue weighted by atomic mass is 9.99. The molecular weight excluding hydrogens is 785 g/mol. The van der Waals surface area contributed by atoms with E-state index in [4.69, 9.17) is 25.7 Å². The molecule has 0 radical (unpaired) electrons. The minimum Gasteiger partial charge on any atom is -0.830 e. The Morgan fingerprint density at radius 3 is 2.43 bits per heavy atom. The molecule has 0 amide bonds. The Balaban J connectivity index is 1.04. The Hall–Kier alpha value is -3.11. The number of aromatic amines is 1. The molecule has 6 heterocycles. The van der Waals surface area contributed by atoms with Crippen LogP contribution in [-0.4, -0.2) is 134 Å². The highest BCUT2D eigenvalue weighted by Gasteiger charge is 2.55. The Bertz CT molecular complexity index is 2010. The Labute approximate surface area is 295 Å². The summed E-state index contributed by atoms with van der Waals surface area (Å²) in [5.41, 5.74) is 8.27. The number of imidazole rings is 1. The van der Waals surface area contributed by atoms with Gasteiger partial charge in [0.15, 0.2) is 29.6 Å². The predicted octanol–water partition coefficient (Wildman–Crippen LogP) is -7.13. The normalized spacial score (nSPS) is 33.8. The number of fused-ring (bicyclic) bond motifs is 1. The second kappa shape index (κ2) is 14.2. The number of nitrogen functional groups attached to an aromatic ring is 1. The first-order valence-corrected chi connectivity index (χ1v) is 19.3. The van der Waals surface area contributed by atoms with Gasteiger partial charge in [-0.1, -0.05) is 0 Å². The van der Waals surface area contributed by atoms with Gasteiger partial charge in [-0.05, 0) is 0 Å². The van der Waals surface area contributed by atoms with E-state index in [1.807, 2.05) is 0 Å². The lowest BCUT2D eigenvalue weighted by molar-refractivity contribution is -0.407. The van der Waals surface area contributed by atoms with Crippen LogP contribution in [0.4, 0.5) is 5.95 Å². The van der Waals surface area contributed by atoms with Crippen LogP contribution in [0, 0.1) is 0 Å². The van der Waals surface area contributed by atoms with Gasteiger partial charge in [0, 0.05) is 20.4 Å². The van der Waals surface area contributed by atoms with Crippen LogP contribution in [0.3, 0.4) is 0 Å². The molecule has 4 aliphatic rings. The summed E-state index contributed by atoms with van der Waals surface area (Å²) in [6.07, 6.45) is -10.5. The molecule has 31 heteroatoms. The van der Waals surface area contributed by atoms with E-state index in [0.717, 1.165) is 18.0 Å². The van der Waals surface area contributed by atoms with Crippen LogP contribution >= 0.6 is 23.5 Å². The Kier molecular flexibility index (Phi) is 10.6. The van der Waals surface area contributed by atoms with Crippen LogP contribution in [-0.2, 0) is 45.6 Å². The summed E-state index contributed by atoms with van der Waals surface area (Å²) in [5, 5.41) is 47.2. The van der Waals surface area contributed by atoms with E-state index >= 15 is 0 Å². The zero-order valence-electron chi connectivity index (χ0n) is 27.1. The number of rotatable bonds is 13. The van der Waals surface area contributed by atoms with Crippen LogP contribution in [0.25, 0.3) is 11.2 Å². The molecule has 0 aliphatic carbocycles. The number of phosphoric acid groups is 3. The molecule has 6 rings (SSSR count). The summed E-state index contributed by atoms with van der Waals surface area (Å²) in [6, 6.07) is 0. The number of nitrogens with one attached hydrogen (secondary N) is 2. The highest BCUT2D eigenvalue weighted by atomic mass is 31.3. The first kappa shape index (κ1) is 39.6. The molecule has 28 nitrogen and oxygen atoms in total. The van der Waals surface area contributed by atoms with Crippen LogP contribution in [0.5, 0.6) is 0 Å². The molecule has 0 bridgehead atoms. The quantitative estimate of drug-likeness (QED) is 0.0923. The van der Waals surface area contributed by atoms with Crippen molar-refractivity contribution in [1.82, 2.24) is 34.6 Å². The third-order valence-corrected chi connectivity index (χ3v) is 12.5. The molecule has 0 spiro atoms. The molecule has 11 atom stereocenters. The van der Waals surface area contributed by atoms with Gasteiger partial charge in [-0.15, -0.1) is 0 Å². The second-order valence-corrected chi connectivity index (χ2v) is 16.4. The van der Waals surface area contributed by atoms with Gasteiger partial charge in [0.25, 0.3) is 29.0 Å². The molecule has 6 unspecified atom stereocenters. The van der Waals surface area contributed by atoms with Gasteiger partial charge < -0.3 is 84.9 Å². The molecule has 2 aromatic heterocycles. The highest BCUT2D eigenvalue weighted by molar-refractivity contribution is 7.65. The first-order valence-electron chi connectivity index (χ1n) is 14.9. The van der Waals surface area contributed by atoms with Gasteiger partial charge in [0.05, 0.1) is 38.5 Å². The van der Waals surface area contributed by atoms with Crippen molar-refractivity contribution in [2.45, 2.75) is 48.7 Å². The number of hydrogen-bond donors (Lipinski definition) is 7. The van der Waals surface area contributed by atoms with Crippen molar-refractivity contribution >= 4 is 46.5 Å². The van der Waals surface area contributed by atoms with Crippen molar-refractivity contribution in [2.75, 3.05) is 46.4 Å². The van der Waals surface area contributed by atoms with E-state index in [0.29, 0.717) is 0 Å². The van der Waals surface area contributed by atoms with Crippen molar-refractivity contribution in [3.8, 4) is 0 Å². The minimum atomic E-state index is -6.37. The number of likely N-dealkylation sites (N-methyl/N-ethyl adjacent to an activating group) is 1. The molecule has 296 valence electrons. The number of H-pyrrole nitrogens is 1. The molecule has 9 N–H and O–H groups in total. The maximum Gasteiger partial charge on any atom is 0.280 e. The molecule has 2 fully saturated rings. The Morgan fingerprint density at radius 2 is 1.75 bits per heavy atom. The number of nitrogens with two attached hydrogens (primary N) is 2. The SMILES string of the molecule is CO[C@]1(COP(=O)([O-])OP(=O)([O-])OP(=O)([O-])OC[C@H]2O[C@@H](n3cnc4c(=O)[nH]c(N)nc43)[C@@H](O)C2O)CO[C@H](N2CN(C)C3=C2NC(N)=NC3[O-])C1O. The first-order chi connectivity index (χ1) is 24.7. The monoisotopic (exact) mass is 816 g/mol. The number of aromatic nitrogens is 4. The van der Waals surface area contributed by atoms with E-state index in [1.54, 1.807) is 7.05 Å². The number of phosphoric ester groups is 2. The minimum absolute atomic E-state index is 0.0110. The fourth-order valence-corrected chi connectivity index (χ4v) is 9.30. The third kappa shape index (κ3) is 7.73. The van der Waals surface area contributed by atoms with E-state index in [-0.39, 0.29) is 41.3 Å². The van der Waals surface area contributed by atoms with Crippen molar-refractivity contribution in [2.24, 2.45) is 10.7 Å². The molecule has 0 aromatic carbocycles. The number of aliphatic imine (C=N–C) groups is 1. The number of aliphatic hydroxyl groups is 3. The van der Waals surface area contributed by atoms with Crippen LogP contribution in [0.1, 0.15) is 6.23 Å². The average Bonchev–Trinajstić information content (AvgIpc) is 3.77. The summed E-state index contributed by atoms with van der Waals surface area (Å²) < 4.78 is 71.4. The molecular formula is C22H31N10O18P3-4. The van der Waals surface area contributed by atoms with Gasteiger partial charge >= 0.3 is 0 Å². The number of methoxy groups -OCH3 is 1. The van der Waals surface area contributed by atoms with Crippen LogP contribution in [0.2, 0.25) is 0 Å². The standard InChI is InChI=1S/C22H34N10O18P3/c1-30-7-32(15-10(30)17(37)29-21(24)27-15)19-13(35)22(44-2,4-45-19)5-47-52(40,41)50-53(42,43)49-51(38,39)46-3-8-11(33)12(34)18(48-8)31-6-25-9-14(31)26-20(23)28-16(9)36/h6,8,11-13,17-19,33-35H,3-5,7H2,1-2H3,(H,38,39)(H,40,41)(H,42,43)(H3,24,27,29)(H3,23,26,28,36)/q-1/p-3/t8-,11?,12+,13?,17?,18-,19+,22+/m1/s1. The Morgan fingerprint density at radius 1 is 1.08 bits per heavy atom. The molecule has 53 heavy (non-hydrogen) atoms. The van der Waals surface area contributed by atoms with Gasteiger partial charge in [-0.3, -0.25) is 33.0 Å². The summed E-state index contributed by atoms with van der Waals surface area (Å²) in [4.78, 5) is 65.8. The number of aliphatic hydroxyl groups excluding tert-OH is 3. The summed E-state index contributed by atoms with van der Waals surface area (Å²) in [7, 11) is -15.8. The smallest absolute Gasteiger partial charge is 0.280 e. The number of ether oxygens (including phenoxy) is 3. The van der Waals surface area contributed by atoms with E-state index < -0.39 is 97.5 Å². The lowest BCUT2D eigenvalue weighted by Crippen LogP contribution is -2.54. The molecule has 2 saturated heterocycles.